The van der Waals surface area contributed by atoms with Crippen molar-refractivity contribution in [3.63, 3.8) is 0 Å². The summed E-state index contributed by atoms with van der Waals surface area (Å²) in [5.41, 5.74) is 8.31. The molecule has 5 nitrogen and oxygen atoms in total. The van der Waals surface area contributed by atoms with E-state index < -0.39 is 28.2 Å². The zero-order valence-electron chi connectivity index (χ0n) is 19.1. The molecule has 0 bridgehead atoms. The van der Waals surface area contributed by atoms with Gasteiger partial charge in [0.05, 0.1) is 0 Å². The molecule has 4 aromatic rings. The highest BCUT2D eigenvalue weighted by Crippen LogP contribution is 2.53. The van der Waals surface area contributed by atoms with Crippen molar-refractivity contribution in [1.29, 1.82) is 0 Å². The van der Waals surface area contributed by atoms with E-state index >= 15 is 0 Å². The summed E-state index contributed by atoms with van der Waals surface area (Å²) in [4.78, 5) is 28.4. The molecule has 3 N–H and O–H groups in total. The van der Waals surface area contributed by atoms with Gasteiger partial charge in [-0.05, 0) is 72.3 Å². The molecule has 1 aliphatic heterocycles. The molecule has 184 valence electrons. The molecule has 2 aromatic carbocycles. The molecular weight excluding hydrogens is 494 g/mol. The number of nitrogens with zero attached hydrogens (tertiary/aromatic N) is 1. The topological polar surface area (TPSA) is 79.2 Å². The largest absolute Gasteiger partial charge is 0.425 e. The van der Waals surface area contributed by atoms with Gasteiger partial charge >= 0.3 is 6.18 Å². The van der Waals surface area contributed by atoms with E-state index in [2.05, 4.69) is 4.98 Å². The Morgan fingerprint density at radius 1 is 1.17 bits per heavy atom. The van der Waals surface area contributed by atoms with Crippen molar-refractivity contribution < 1.29 is 27.2 Å². The molecule has 3 heterocycles. The lowest BCUT2D eigenvalue weighted by Crippen LogP contribution is -2.26. The lowest BCUT2D eigenvalue weighted by molar-refractivity contribution is -0.134. The summed E-state index contributed by atoms with van der Waals surface area (Å²) in [6.07, 6.45) is -2.80. The van der Waals surface area contributed by atoms with Crippen molar-refractivity contribution in [1.82, 2.24) is 4.98 Å². The number of hydrogen-bond acceptors (Lipinski definition) is 4. The molecule has 2 aromatic heterocycles. The SMILES string of the molecule is CC1(C)C(=C=O)N(Cc2csc(C(F)(F)F)c2)c2cc(C(N)=O)cc(-c3c[nH]c4ccc(F)cc34)c21. The molecule has 0 saturated heterocycles. The molecule has 0 aliphatic carbocycles. The number of hydrogen-bond donors (Lipinski definition) is 2. The number of H-pyrrole nitrogens is 1. The predicted octanol–water partition coefficient (Wildman–Crippen LogP) is 6.17. The van der Waals surface area contributed by atoms with E-state index in [0.717, 1.165) is 6.07 Å². The minimum Gasteiger partial charge on any atom is -0.366 e. The first-order valence-corrected chi connectivity index (χ1v) is 11.7. The maximum atomic E-state index is 14.1. The van der Waals surface area contributed by atoms with Gasteiger partial charge in [-0.2, -0.15) is 13.2 Å². The van der Waals surface area contributed by atoms with Gasteiger partial charge in [0.1, 0.15) is 22.3 Å². The third kappa shape index (κ3) is 3.70. The van der Waals surface area contributed by atoms with Crippen molar-refractivity contribution in [2.45, 2.75) is 32.0 Å². The van der Waals surface area contributed by atoms with E-state index in [1.165, 1.54) is 23.6 Å². The molecule has 5 rings (SSSR count). The zero-order valence-corrected chi connectivity index (χ0v) is 19.9. The maximum absolute atomic E-state index is 14.1. The number of carbonyl (C=O) groups excluding carboxylic acids is 2. The molecular formula is C26H19F4N3O2S. The van der Waals surface area contributed by atoms with Crippen molar-refractivity contribution in [2.75, 3.05) is 4.90 Å². The zero-order chi connectivity index (χ0) is 26.0. The fourth-order valence-electron chi connectivity index (χ4n) is 4.88. The van der Waals surface area contributed by atoms with Crippen LogP contribution in [0, 0.1) is 5.82 Å². The Morgan fingerprint density at radius 3 is 2.56 bits per heavy atom. The standard InChI is InChI=1S/C26H19F4N3O2S/c1-25(2)21(11-34)33(10-13-5-22(36-12-13)26(28,29)30)20-7-14(24(31)35)6-17(23(20)25)18-9-32-19-4-3-15(27)8-16(18)19/h3-9,12,32H,10H2,1-2H3,(H2,31,35). The fourth-order valence-corrected chi connectivity index (χ4v) is 5.65. The Morgan fingerprint density at radius 2 is 1.92 bits per heavy atom. The van der Waals surface area contributed by atoms with Gasteiger partial charge < -0.3 is 15.6 Å². The van der Waals surface area contributed by atoms with Gasteiger partial charge in [0, 0.05) is 45.9 Å². The number of aromatic nitrogens is 1. The number of allylic oxidation sites excluding steroid dienone is 1. The number of alkyl halides is 3. The Balaban J connectivity index is 1.75. The monoisotopic (exact) mass is 513 g/mol. The van der Waals surface area contributed by atoms with E-state index in [9.17, 15) is 27.2 Å². The Hall–Kier alpha value is -3.88. The quantitative estimate of drug-likeness (QED) is 0.253. The predicted molar refractivity (Wildman–Crippen MR) is 130 cm³/mol. The third-order valence-corrected chi connectivity index (χ3v) is 7.51. The smallest absolute Gasteiger partial charge is 0.366 e. The number of rotatable bonds is 4. The van der Waals surface area contributed by atoms with Crippen molar-refractivity contribution in [3.05, 3.63) is 81.1 Å². The Labute approximate surface area is 206 Å². The van der Waals surface area contributed by atoms with Gasteiger partial charge in [-0.3, -0.25) is 4.79 Å². The van der Waals surface area contributed by atoms with E-state index in [0.29, 0.717) is 50.2 Å². The number of anilines is 1. The second-order valence-electron chi connectivity index (χ2n) is 9.15. The van der Waals surface area contributed by atoms with Crippen molar-refractivity contribution in [3.8, 4) is 11.1 Å². The van der Waals surface area contributed by atoms with Crippen LogP contribution in [0.5, 0.6) is 0 Å². The number of primary amides is 1. The molecule has 0 spiro atoms. The first-order valence-electron chi connectivity index (χ1n) is 10.8. The number of benzene rings is 2. The molecule has 1 amide bonds. The van der Waals surface area contributed by atoms with Gasteiger partial charge in [-0.15, -0.1) is 11.3 Å². The molecule has 36 heavy (non-hydrogen) atoms. The average Bonchev–Trinajstić information content (AvgIpc) is 3.49. The first-order chi connectivity index (χ1) is 16.9. The van der Waals surface area contributed by atoms with Crippen LogP contribution in [0.3, 0.4) is 0 Å². The molecule has 1 aliphatic rings. The maximum Gasteiger partial charge on any atom is 0.425 e. The van der Waals surface area contributed by atoms with Crippen LogP contribution >= 0.6 is 11.3 Å². The lowest BCUT2D eigenvalue weighted by Gasteiger charge is -2.23. The van der Waals surface area contributed by atoms with E-state index in [4.69, 9.17) is 5.73 Å². The Bertz CT molecular complexity index is 1590. The Kier molecular flexibility index (Phi) is 5.35. The second kappa shape index (κ2) is 8.08. The van der Waals surface area contributed by atoms with Crippen LogP contribution in [0.15, 0.2) is 53.7 Å². The second-order valence-corrected chi connectivity index (χ2v) is 10.1. The summed E-state index contributed by atoms with van der Waals surface area (Å²) in [7, 11) is 0. The molecule has 10 heteroatoms. The van der Waals surface area contributed by atoms with E-state index in [-0.39, 0.29) is 17.8 Å². The number of nitrogens with one attached hydrogen (secondary N) is 1. The summed E-state index contributed by atoms with van der Waals surface area (Å²) in [5, 5.41) is 1.95. The summed E-state index contributed by atoms with van der Waals surface area (Å²) >= 11 is 0.569. The molecule has 0 saturated carbocycles. The van der Waals surface area contributed by atoms with Crippen molar-refractivity contribution >= 4 is 39.8 Å². The van der Waals surface area contributed by atoms with Crippen LogP contribution < -0.4 is 10.6 Å². The number of carbonyl (C=O) groups is 1. The van der Waals surface area contributed by atoms with Gasteiger partial charge in [0.2, 0.25) is 5.91 Å². The fraction of sp³-hybridized carbons (Fsp3) is 0.192. The summed E-state index contributed by atoms with van der Waals surface area (Å²) in [6.45, 7) is 3.55. The number of fused-ring (bicyclic) bond motifs is 2. The molecule has 0 atom stereocenters. The normalized spacial score (nSPS) is 14.8. The highest BCUT2D eigenvalue weighted by molar-refractivity contribution is 7.10. The molecule has 0 unspecified atom stereocenters. The minimum absolute atomic E-state index is 0.0439. The summed E-state index contributed by atoms with van der Waals surface area (Å²) in [6, 6.07) is 8.44. The van der Waals surface area contributed by atoms with Gasteiger partial charge in [0.25, 0.3) is 0 Å². The van der Waals surface area contributed by atoms with Crippen LogP contribution in [0.4, 0.5) is 23.2 Å². The number of nitrogens with two attached hydrogens (primary N) is 1. The summed E-state index contributed by atoms with van der Waals surface area (Å²) < 4.78 is 53.6. The van der Waals surface area contributed by atoms with Gasteiger partial charge in [-0.1, -0.05) is 0 Å². The van der Waals surface area contributed by atoms with Crippen LogP contribution in [0.2, 0.25) is 0 Å². The van der Waals surface area contributed by atoms with E-state index in [1.807, 2.05) is 5.94 Å². The number of aromatic amines is 1. The van der Waals surface area contributed by atoms with Crippen LogP contribution in [-0.4, -0.2) is 16.8 Å². The number of thiophene rings is 1. The first kappa shape index (κ1) is 23.8. The molecule has 0 fully saturated rings. The van der Waals surface area contributed by atoms with Gasteiger partial charge in [0.15, 0.2) is 0 Å². The average molecular weight is 514 g/mol. The van der Waals surface area contributed by atoms with Gasteiger partial charge in [-0.25, -0.2) is 9.18 Å². The van der Waals surface area contributed by atoms with Crippen LogP contribution in [0.25, 0.3) is 22.0 Å². The van der Waals surface area contributed by atoms with Crippen LogP contribution in [0.1, 0.15) is 40.2 Å². The molecule has 0 radical (unpaired) electrons. The number of halogens is 4. The summed E-state index contributed by atoms with van der Waals surface area (Å²) in [5.74, 6) is 0.799. The minimum atomic E-state index is -4.48. The van der Waals surface area contributed by atoms with E-state index in [1.54, 1.807) is 37.1 Å². The van der Waals surface area contributed by atoms with Crippen LogP contribution in [-0.2, 0) is 22.9 Å². The highest BCUT2D eigenvalue weighted by Gasteiger charge is 2.44. The van der Waals surface area contributed by atoms with Crippen molar-refractivity contribution in [2.24, 2.45) is 5.73 Å². The third-order valence-electron chi connectivity index (χ3n) is 6.48. The number of amides is 1. The highest BCUT2D eigenvalue weighted by atomic mass is 32.1. The lowest BCUT2D eigenvalue weighted by atomic mass is 9.79.